The normalized spacial score (nSPS) is 19.0. The molecule has 112 valence electrons. The number of carbonyl (C=O) groups excluding carboxylic acids is 1. The van der Waals surface area contributed by atoms with Gasteiger partial charge in [-0.2, -0.15) is 5.10 Å². The lowest BCUT2D eigenvalue weighted by molar-refractivity contribution is 0.00578. The van der Waals surface area contributed by atoms with Crippen molar-refractivity contribution in [2.75, 3.05) is 0 Å². The standard InChI is InChI=1S/C16H20N2O3/c1-15(2)16(3,4)21-13(20-15)10-11-17-18-14(19)12-8-6-5-7-9-12/h5-11H,1-4H3,(H,18,19)/b17-11+. The third kappa shape index (κ3) is 3.42. The Balaban J connectivity index is 1.92. The molecule has 5 nitrogen and oxygen atoms in total. The summed E-state index contributed by atoms with van der Waals surface area (Å²) in [5, 5.41) is 3.85. The van der Waals surface area contributed by atoms with E-state index >= 15 is 0 Å². The average molecular weight is 288 g/mol. The molecule has 0 saturated carbocycles. The van der Waals surface area contributed by atoms with Gasteiger partial charge in [0.25, 0.3) is 11.9 Å². The second-order valence-corrected chi connectivity index (χ2v) is 5.80. The maximum Gasteiger partial charge on any atom is 0.282 e. The number of hydrazone groups is 1. The Morgan fingerprint density at radius 2 is 1.67 bits per heavy atom. The van der Waals surface area contributed by atoms with Gasteiger partial charge in [0.1, 0.15) is 11.2 Å². The minimum absolute atomic E-state index is 0.265. The van der Waals surface area contributed by atoms with Crippen LogP contribution >= 0.6 is 0 Å². The second kappa shape index (κ2) is 5.60. The van der Waals surface area contributed by atoms with E-state index in [9.17, 15) is 4.79 Å². The van der Waals surface area contributed by atoms with E-state index in [0.717, 1.165) is 0 Å². The molecule has 1 saturated heterocycles. The van der Waals surface area contributed by atoms with Crippen LogP contribution in [0.5, 0.6) is 0 Å². The summed E-state index contributed by atoms with van der Waals surface area (Å²) < 4.78 is 11.4. The molecule has 1 N–H and O–H groups in total. The predicted molar refractivity (Wildman–Crippen MR) is 80.8 cm³/mol. The fourth-order valence-electron chi connectivity index (χ4n) is 1.69. The highest BCUT2D eigenvalue weighted by Crippen LogP contribution is 2.39. The Morgan fingerprint density at radius 1 is 1.10 bits per heavy atom. The van der Waals surface area contributed by atoms with Crippen LogP contribution in [0.15, 0.2) is 47.5 Å². The average Bonchev–Trinajstić information content (AvgIpc) is 2.63. The zero-order valence-corrected chi connectivity index (χ0v) is 12.7. The highest BCUT2D eigenvalue weighted by atomic mass is 16.7. The quantitative estimate of drug-likeness (QED) is 0.687. The lowest BCUT2D eigenvalue weighted by Gasteiger charge is -2.28. The lowest BCUT2D eigenvalue weighted by atomic mass is 9.90. The number of hydrogen-bond acceptors (Lipinski definition) is 4. The molecule has 5 heteroatoms. The van der Waals surface area contributed by atoms with Crippen molar-refractivity contribution in [2.24, 2.45) is 5.10 Å². The Morgan fingerprint density at radius 3 is 2.24 bits per heavy atom. The molecule has 1 amide bonds. The molecule has 0 radical (unpaired) electrons. The Kier molecular flexibility index (Phi) is 4.02. The number of nitrogens with zero attached hydrogens (tertiary/aromatic N) is 1. The molecule has 1 aliphatic rings. The molecule has 0 spiro atoms. The van der Waals surface area contributed by atoms with Crippen LogP contribution in [0.1, 0.15) is 38.1 Å². The largest absolute Gasteiger partial charge is 0.455 e. The van der Waals surface area contributed by atoms with Crippen LogP contribution < -0.4 is 5.43 Å². The summed E-state index contributed by atoms with van der Waals surface area (Å²) >= 11 is 0. The van der Waals surface area contributed by atoms with Crippen molar-refractivity contribution in [3.8, 4) is 0 Å². The molecule has 1 fully saturated rings. The van der Waals surface area contributed by atoms with Crippen molar-refractivity contribution in [3.05, 3.63) is 47.9 Å². The molecule has 0 aromatic heterocycles. The van der Waals surface area contributed by atoms with Gasteiger partial charge in [-0.3, -0.25) is 4.79 Å². The van der Waals surface area contributed by atoms with E-state index < -0.39 is 11.2 Å². The van der Waals surface area contributed by atoms with Gasteiger partial charge in [0.05, 0.1) is 6.21 Å². The van der Waals surface area contributed by atoms with E-state index in [4.69, 9.17) is 9.47 Å². The summed E-state index contributed by atoms with van der Waals surface area (Å²) in [6.07, 6.45) is 3.02. The molecular formula is C16H20N2O3. The maximum atomic E-state index is 11.7. The number of allylic oxidation sites excluding steroid dienone is 1. The van der Waals surface area contributed by atoms with E-state index in [0.29, 0.717) is 11.5 Å². The van der Waals surface area contributed by atoms with Crippen LogP contribution in [0.2, 0.25) is 0 Å². The summed E-state index contributed by atoms with van der Waals surface area (Å²) in [4.78, 5) is 11.7. The topological polar surface area (TPSA) is 59.9 Å². The predicted octanol–water partition coefficient (Wildman–Crippen LogP) is 2.85. The first kappa shape index (κ1) is 15.1. The monoisotopic (exact) mass is 288 g/mol. The molecule has 1 aliphatic heterocycles. The third-order valence-electron chi connectivity index (χ3n) is 3.65. The minimum atomic E-state index is -0.417. The van der Waals surface area contributed by atoms with Gasteiger partial charge in [0, 0.05) is 11.6 Å². The van der Waals surface area contributed by atoms with E-state index in [1.165, 1.54) is 6.21 Å². The molecule has 2 rings (SSSR count). The zero-order valence-electron chi connectivity index (χ0n) is 12.7. The van der Waals surface area contributed by atoms with Crippen molar-refractivity contribution in [2.45, 2.75) is 38.9 Å². The molecule has 0 unspecified atom stereocenters. The van der Waals surface area contributed by atoms with Gasteiger partial charge in [-0.25, -0.2) is 5.43 Å². The lowest BCUT2D eigenvalue weighted by Crippen LogP contribution is -2.41. The van der Waals surface area contributed by atoms with Gasteiger partial charge in [-0.15, -0.1) is 0 Å². The summed E-state index contributed by atoms with van der Waals surface area (Å²) in [5.41, 5.74) is 2.16. The summed E-state index contributed by atoms with van der Waals surface area (Å²) in [6.45, 7) is 7.84. The van der Waals surface area contributed by atoms with E-state index in [1.54, 1.807) is 30.3 Å². The first-order valence-electron chi connectivity index (χ1n) is 6.79. The van der Waals surface area contributed by atoms with E-state index in [2.05, 4.69) is 10.5 Å². The minimum Gasteiger partial charge on any atom is -0.455 e. The smallest absolute Gasteiger partial charge is 0.282 e. The van der Waals surface area contributed by atoms with Crippen LogP contribution in [-0.4, -0.2) is 23.3 Å². The number of carbonyl (C=O) groups is 1. The van der Waals surface area contributed by atoms with Crippen molar-refractivity contribution >= 4 is 12.1 Å². The van der Waals surface area contributed by atoms with E-state index in [1.807, 2.05) is 33.8 Å². The molecule has 0 aliphatic carbocycles. The van der Waals surface area contributed by atoms with E-state index in [-0.39, 0.29) is 5.91 Å². The van der Waals surface area contributed by atoms with Gasteiger partial charge < -0.3 is 9.47 Å². The molecule has 1 heterocycles. The Labute approximate surface area is 124 Å². The zero-order chi connectivity index (χ0) is 15.5. The highest BCUT2D eigenvalue weighted by molar-refractivity contribution is 5.94. The Bertz CT molecular complexity index is 556. The number of amides is 1. The molecule has 1 aromatic carbocycles. The summed E-state index contributed by atoms with van der Waals surface area (Å²) in [6, 6.07) is 8.88. The van der Waals surface area contributed by atoms with Gasteiger partial charge in [0.15, 0.2) is 0 Å². The number of rotatable bonds is 3. The van der Waals surface area contributed by atoms with Gasteiger partial charge in [0.2, 0.25) is 0 Å². The van der Waals surface area contributed by atoms with Crippen molar-refractivity contribution in [1.82, 2.24) is 5.43 Å². The van der Waals surface area contributed by atoms with Crippen LogP contribution in [-0.2, 0) is 9.47 Å². The fraction of sp³-hybridized carbons (Fsp3) is 0.375. The van der Waals surface area contributed by atoms with Crippen LogP contribution in [0.25, 0.3) is 0 Å². The van der Waals surface area contributed by atoms with Crippen molar-refractivity contribution in [1.29, 1.82) is 0 Å². The van der Waals surface area contributed by atoms with Crippen LogP contribution in [0.3, 0.4) is 0 Å². The number of nitrogens with one attached hydrogen (secondary N) is 1. The fourth-order valence-corrected chi connectivity index (χ4v) is 1.69. The van der Waals surface area contributed by atoms with Gasteiger partial charge in [-0.05, 0) is 39.8 Å². The van der Waals surface area contributed by atoms with Crippen LogP contribution in [0, 0.1) is 0 Å². The Hall–Kier alpha value is -2.30. The van der Waals surface area contributed by atoms with Gasteiger partial charge >= 0.3 is 0 Å². The molecule has 0 bridgehead atoms. The molecular weight excluding hydrogens is 268 g/mol. The number of benzene rings is 1. The molecule has 1 aromatic rings. The number of hydrogen-bond donors (Lipinski definition) is 1. The molecule has 0 atom stereocenters. The maximum absolute atomic E-state index is 11.7. The summed E-state index contributed by atoms with van der Waals surface area (Å²) in [5.74, 6) is 0.127. The van der Waals surface area contributed by atoms with Gasteiger partial charge in [-0.1, -0.05) is 18.2 Å². The molecule has 21 heavy (non-hydrogen) atoms. The summed E-state index contributed by atoms with van der Waals surface area (Å²) in [7, 11) is 0. The second-order valence-electron chi connectivity index (χ2n) is 5.80. The number of ether oxygens (including phenoxy) is 2. The third-order valence-corrected chi connectivity index (χ3v) is 3.65. The highest BCUT2D eigenvalue weighted by Gasteiger charge is 2.48. The SMILES string of the molecule is CC1(C)OC(=C/C=N/NC(=O)c2ccccc2)OC1(C)C. The van der Waals surface area contributed by atoms with Crippen molar-refractivity contribution < 1.29 is 14.3 Å². The van der Waals surface area contributed by atoms with Crippen LogP contribution in [0.4, 0.5) is 0 Å². The first-order chi connectivity index (χ1) is 9.82. The first-order valence-corrected chi connectivity index (χ1v) is 6.79. The van der Waals surface area contributed by atoms with Crippen molar-refractivity contribution in [3.63, 3.8) is 0 Å².